The number of imidazole rings is 1. The third-order valence-corrected chi connectivity index (χ3v) is 8.71. The van der Waals surface area contributed by atoms with Gasteiger partial charge >= 0.3 is 0 Å². The van der Waals surface area contributed by atoms with Crippen molar-refractivity contribution in [2.24, 2.45) is 5.41 Å². The van der Waals surface area contributed by atoms with Gasteiger partial charge in [0, 0.05) is 31.7 Å². The van der Waals surface area contributed by atoms with Gasteiger partial charge in [-0.2, -0.15) is 0 Å². The predicted molar refractivity (Wildman–Crippen MR) is 186 cm³/mol. The Morgan fingerprint density at radius 3 is 2.46 bits per heavy atom. The minimum Gasteiger partial charge on any atom is -0.501 e. The molecule has 1 radical (unpaired) electrons. The molecular weight excluding hydrogens is 743 g/mol. The van der Waals surface area contributed by atoms with E-state index in [9.17, 15) is 0 Å². The van der Waals surface area contributed by atoms with Crippen LogP contribution in [0.15, 0.2) is 107 Å². The van der Waals surface area contributed by atoms with Gasteiger partial charge in [0.15, 0.2) is 0 Å². The summed E-state index contributed by atoms with van der Waals surface area (Å²) in [5.74, 6) is 0.996. The molecule has 46 heavy (non-hydrogen) atoms. The van der Waals surface area contributed by atoms with E-state index in [0.717, 1.165) is 56.5 Å². The van der Waals surface area contributed by atoms with Crippen molar-refractivity contribution in [1.82, 2.24) is 14.5 Å². The molecular formula is C41H37IrN3O-2. The van der Waals surface area contributed by atoms with E-state index in [2.05, 4.69) is 118 Å². The van der Waals surface area contributed by atoms with E-state index in [0.29, 0.717) is 0 Å². The topological polar surface area (TPSA) is 43.9 Å². The number of nitrogens with zero attached hydrogens (tertiary/aromatic N) is 3. The molecule has 5 heteroatoms. The summed E-state index contributed by atoms with van der Waals surface area (Å²) in [7, 11) is 0. The monoisotopic (exact) mass is 780 g/mol. The minimum absolute atomic E-state index is 0. The zero-order valence-corrected chi connectivity index (χ0v) is 29.5. The summed E-state index contributed by atoms with van der Waals surface area (Å²) >= 11 is 0. The average Bonchev–Trinajstić information content (AvgIpc) is 3.61. The molecule has 0 saturated heterocycles. The van der Waals surface area contributed by atoms with Gasteiger partial charge in [-0.3, -0.25) is 4.98 Å². The number of hydrogen-bond acceptors (Lipinski definition) is 3. The quantitative estimate of drug-likeness (QED) is 0.168. The molecule has 0 N–H and O–H groups in total. The van der Waals surface area contributed by atoms with Gasteiger partial charge < -0.3 is 14.0 Å². The zero-order valence-electron chi connectivity index (χ0n) is 27.1. The van der Waals surface area contributed by atoms with Gasteiger partial charge in [-0.15, -0.1) is 54.1 Å². The normalized spacial score (nSPS) is 13.7. The Kier molecular flexibility index (Phi) is 8.35. The summed E-state index contributed by atoms with van der Waals surface area (Å²) in [4.78, 5) is 9.45. The maximum absolute atomic E-state index is 6.11. The molecule has 3 aromatic heterocycles. The fourth-order valence-corrected chi connectivity index (χ4v) is 6.33. The number of allylic oxidation sites excluding steroid dienone is 1. The second-order valence-electron chi connectivity index (χ2n) is 13.6. The maximum Gasteiger partial charge on any atom is 0.120 e. The van der Waals surface area contributed by atoms with Crippen molar-refractivity contribution in [2.45, 2.75) is 53.5 Å². The summed E-state index contributed by atoms with van der Waals surface area (Å²) < 4.78 is 8.47. The van der Waals surface area contributed by atoms with Crippen LogP contribution >= 0.6 is 0 Å². The average molecular weight is 780 g/mol. The summed E-state index contributed by atoms with van der Waals surface area (Å²) in [6, 6.07) is 37.4. The number of furan rings is 1. The van der Waals surface area contributed by atoms with Crippen LogP contribution in [-0.4, -0.2) is 14.5 Å². The molecule has 0 amide bonds. The molecule has 0 bridgehead atoms. The van der Waals surface area contributed by atoms with Gasteiger partial charge in [-0.05, 0) is 67.6 Å². The van der Waals surface area contributed by atoms with Gasteiger partial charge in [0.05, 0.1) is 28.0 Å². The first-order valence-electron chi connectivity index (χ1n) is 15.6. The van der Waals surface area contributed by atoms with Crippen molar-refractivity contribution in [1.29, 1.82) is 0 Å². The van der Waals surface area contributed by atoms with Gasteiger partial charge in [0.1, 0.15) is 5.58 Å². The van der Waals surface area contributed by atoms with E-state index >= 15 is 0 Å². The number of aromatic nitrogens is 3. The molecule has 0 aliphatic carbocycles. The number of pyridine rings is 1. The van der Waals surface area contributed by atoms with Gasteiger partial charge in [-0.1, -0.05) is 79.8 Å². The Labute approximate surface area is 284 Å². The number of benzene rings is 4. The number of para-hydroxylation sites is 2. The second-order valence-corrected chi connectivity index (χ2v) is 13.6. The first-order valence-corrected chi connectivity index (χ1v) is 15.6. The van der Waals surface area contributed by atoms with Gasteiger partial charge in [0.25, 0.3) is 0 Å². The van der Waals surface area contributed by atoms with Crippen molar-refractivity contribution >= 4 is 39.0 Å². The van der Waals surface area contributed by atoms with Crippen molar-refractivity contribution in [3.8, 4) is 22.6 Å². The molecule has 0 fully saturated rings. The maximum atomic E-state index is 6.11. The van der Waals surface area contributed by atoms with E-state index < -0.39 is 0 Å². The Bertz CT molecular complexity index is 2210. The van der Waals surface area contributed by atoms with Crippen molar-refractivity contribution in [3.05, 3.63) is 126 Å². The molecule has 4 heterocycles. The molecule has 233 valence electrons. The molecule has 7 aromatic rings. The van der Waals surface area contributed by atoms with Crippen LogP contribution in [-0.2, 0) is 32.1 Å². The third-order valence-electron chi connectivity index (χ3n) is 8.71. The molecule has 4 nitrogen and oxygen atoms in total. The van der Waals surface area contributed by atoms with Gasteiger partial charge in [-0.25, -0.2) is 0 Å². The van der Waals surface area contributed by atoms with Crippen molar-refractivity contribution in [3.63, 3.8) is 0 Å². The fraction of sp³-hybridized carbons (Fsp3) is 0.220. The van der Waals surface area contributed by atoms with E-state index in [1.54, 1.807) is 0 Å². The Hall–Kier alpha value is -4.31. The first kappa shape index (κ1) is 31.7. The van der Waals surface area contributed by atoms with Crippen molar-refractivity contribution in [2.75, 3.05) is 0 Å². The first-order chi connectivity index (χ1) is 21.6. The van der Waals surface area contributed by atoms with Crippen LogP contribution < -0.4 is 0 Å². The van der Waals surface area contributed by atoms with E-state index in [4.69, 9.17) is 9.40 Å². The molecule has 0 atom stereocenters. The SMILES string of the molecule is CC(C)(C)Cc1ccnc(-c2[c-]ccc3c2oc2ccccc23)c1.CC1=Cc2cccc3nc(-c4[c-]cccc4)n(c23)C1(C)C.[Ir]. The second kappa shape index (κ2) is 12.1. The molecule has 1 aliphatic heterocycles. The third kappa shape index (κ3) is 5.75. The number of hydrogen-bond donors (Lipinski definition) is 0. The Morgan fingerprint density at radius 1 is 0.870 bits per heavy atom. The predicted octanol–water partition coefficient (Wildman–Crippen LogP) is 10.7. The largest absolute Gasteiger partial charge is 0.501 e. The van der Waals surface area contributed by atoms with Crippen molar-refractivity contribution < 1.29 is 24.5 Å². The number of fused-ring (bicyclic) bond motifs is 3. The van der Waals surface area contributed by atoms with Crippen LogP contribution in [0.5, 0.6) is 0 Å². The molecule has 0 saturated carbocycles. The summed E-state index contributed by atoms with van der Waals surface area (Å²) in [5, 5.41) is 2.25. The summed E-state index contributed by atoms with van der Waals surface area (Å²) in [6.45, 7) is 13.4. The van der Waals surface area contributed by atoms with E-state index in [1.165, 1.54) is 22.2 Å². The summed E-state index contributed by atoms with van der Waals surface area (Å²) in [6.07, 6.45) is 5.17. The smallest absolute Gasteiger partial charge is 0.120 e. The molecule has 4 aromatic carbocycles. The van der Waals surface area contributed by atoms with Crippen LogP contribution in [0.3, 0.4) is 0 Å². The molecule has 8 rings (SSSR count). The Morgan fingerprint density at radius 2 is 1.67 bits per heavy atom. The van der Waals surface area contributed by atoms with E-state index in [1.807, 2.05) is 48.7 Å². The molecule has 0 spiro atoms. The standard InChI is InChI=1S/C22H20NO.C19H17N2.Ir/c1-22(2,3)14-15-11-12-23-19(13-15)18-9-6-8-17-16-7-4-5-10-20(16)24-21(17)18;1-13-12-15-10-7-11-16-17(15)21(19(13,2)3)18(20-16)14-8-5-4-6-9-14;/h4-8,10-13H,14H2,1-3H3;4-8,10-12H,1-3H3;/q2*-1;. The number of rotatable bonds is 3. The summed E-state index contributed by atoms with van der Waals surface area (Å²) in [5.41, 5.74) is 11.0. The van der Waals surface area contributed by atoms with Crippen LogP contribution in [0.25, 0.3) is 61.7 Å². The minimum atomic E-state index is -0.0812. The van der Waals surface area contributed by atoms with Crippen LogP contribution in [0.1, 0.15) is 52.7 Å². The van der Waals surface area contributed by atoms with Crippen LogP contribution in [0, 0.1) is 17.5 Å². The van der Waals surface area contributed by atoms with Crippen LogP contribution in [0.4, 0.5) is 0 Å². The van der Waals surface area contributed by atoms with E-state index in [-0.39, 0.29) is 31.1 Å². The van der Waals surface area contributed by atoms with Gasteiger partial charge in [0.2, 0.25) is 0 Å². The zero-order chi connectivity index (χ0) is 31.3. The molecule has 1 aliphatic rings. The Balaban J connectivity index is 0.000000159. The molecule has 0 unspecified atom stereocenters. The van der Waals surface area contributed by atoms with Crippen LogP contribution in [0.2, 0.25) is 0 Å². The fourth-order valence-electron chi connectivity index (χ4n) is 6.33.